The van der Waals surface area contributed by atoms with Gasteiger partial charge in [-0.3, -0.25) is 0 Å². The number of halogens is 1. The lowest BCUT2D eigenvalue weighted by Gasteiger charge is -2.30. The van der Waals surface area contributed by atoms with Crippen molar-refractivity contribution in [2.45, 2.75) is 13.0 Å². The summed E-state index contributed by atoms with van der Waals surface area (Å²) in [5.74, 6) is 1.87. The highest BCUT2D eigenvalue weighted by Crippen LogP contribution is 2.26. The molecule has 0 unspecified atom stereocenters. The molecule has 122 valence electrons. The quantitative estimate of drug-likeness (QED) is 0.870. The molecular weight excluding hydrogens is 354 g/mol. The Labute approximate surface area is 145 Å². The average Bonchev–Trinajstić information content (AvgIpc) is 2.54. The number of nitrogens with zero attached hydrogens (tertiary/aromatic N) is 4. The fraction of sp³-hybridized carbons (Fsp3) is 0.412. The first kappa shape index (κ1) is 16.2. The van der Waals surface area contributed by atoms with Gasteiger partial charge in [0.15, 0.2) is 0 Å². The number of hydrogen-bond donors (Lipinski definition) is 1. The maximum Gasteiger partial charge on any atom is 0.134 e. The Bertz CT molecular complexity index is 674. The Morgan fingerprint density at radius 3 is 2.91 bits per heavy atom. The number of nitrogens with one attached hydrogen (secondary N) is 1. The first-order chi connectivity index (χ1) is 11.1. The molecule has 1 N–H and O–H groups in total. The lowest BCUT2D eigenvalue weighted by Crippen LogP contribution is -2.31. The minimum atomic E-state index is 0.875. The Morgan fingerprint density at radius 2 is 2.09 bits per heavy atom. The van der Waals surface area contributed by atoms with Crippen molar-refractivity contribution < 1.29 is 0 Å². The zero-order chi connectivity index (χ0) is 16.2. The molecule has 23 heavy (non-hydrogen) atoms. The molecule has 0 amide bonds. The third-order valence-corrected chi connectivity index (χ3v) is 4.52. The molecule has 0 fully saturated rings. The van der Waals surface area contributed by atoms with E-state index in [1.165, 1.54) is 11.1 Å². The normalized spacial score (nSPS) is 14.0. The minimum absolute atomic E-state index is 0.875. The van der Waals surface area contributed by atoms with Crippen LogP contribution < -0.4 is 10.2 Å². The standard InChI is InChI=1S/C17H22BrN5/c1-22(2)8-6-19-16-10-17(21-12-20-16)23-7-5-13-9-15(18)4-3-14(13)11-23/h3-4,9-10,12H,5-8,11H2,1-2H3,(H,19,20,21). The molecule has 2 aromatic rings. The minimum Gasteiger partial charge on any atom is -0.369 e. The summed E-state index contributed by atoms with van der Waals surface area (Å²) in [6, 6.07) is 8.57. The van der Waals surface area contributed by atoms with Crippen molar-refractivity contribution in [1.29, 1.82) is 0 Å². The fourth-order valence-corrected chi connectivity index (χ4v) is 3.15. The smallest absolute Gasteiger partial charge is 0.134 e. The molecule has 5 nitrogen and oxygen atoms in total. The van der Waals surface area contributed by atoms with E-state index in [1.807, 2.05) is 6.07 Å². The molecule has 6 heteroatoms. The average molecular weight is 376 g/mol. The molecule has 0 atom stereocenters. The van der Waals surface area contributed by atoms with Crippen LogP contribution in [0.1, 0.15) is 11.1 Å². The topological polar surface area (TPSA) is 44.3 Å². The maximum absolute atomic E-state index is 4.45. The Balaban J connectivity index is 1.69. The van der Waals surface area contributed by atoms with Gasteiger partial charge in [0.1, 0.15) is 18.0 Å². The number of fused-ring (bicyclic) bond motifs is 1. The molecule has 1 aromatic heterocycles. The molecule has 0 aliphatic carbocycles. The summed E-state index contributed by atoms with van der Waals surface area (Å²) in [7, 11) is 4.13. The van der Waals surface area contributed by atoms with Crippen LogP contribution in [0.3, 0.4) is 0 Å². The summed E-state index contributed by atoms with van der Waals surface area (Å²) < 4.78 is 1.15. The SMILES string of the molecule is CN(C)CCNc1cc(N2CCc3cc(Br)ccc3C2)ncn1. The molecule has 0 bridgehead atoms. The third-order valence-electron chi connectivity index (χ3n) is 4.02. The molecule has 1 aliphatic rings. The van der Waals surface area contributed by atoms with Crippen LogP contribution in [0.5, 0.6) is 0 Å². The van der Waals surface area contributed by atoms with Crippen LogP contribution in [-0.4, -0.2) is 48.6 Å². The third kappa shape index (κ3) is 4.20. The van der Waals surface area contributed by atoms with E-state index >= 15 is 0 Å². The first-order valence-corrected chi connectivity index (χ1v) is 8.64. The summed E-state index contributed by atoms with van der Waals surface area (Å²) in [4.78, 5) is 13.2. The summed E-state index contributed by atoms with van der Waals surface area (Å²) in [5.41, 5.74) is 2.80. The van der Waals surface area contributed by atoms with Gasteiger partial charge in [0, 0.05) is 36.7 Å². The van der Waals surface area contributed by atoms with E-state index in [4.69, 9.17) is 0 Å². The van der Waals surface area contributed by atoms with Gasteiger partial charge >= 0.3 is 0 Å². The monoisotopic (exact) mass is 375 g/mol. The summed E-state index contributed by atoms with van der Waals surface area (Å²) in [6.07, 6.45) is 2.69. The lowest BCUT2D eigenvalue weighted by molar-refractivity contribution is 0.425. The molecule has 3 rings (SSSR count). The number of aromatic nitrogens is 2. The van der Waals surface area contributed by atoms with Crippen LogP contribution in [0.4, 0.5) is 11.6 Å². The molecular formula is C17H22BrN5. The van der Waals surface area contributed by atoms with Crippen LogP contribution in [0, 0.1) is 0 Å². The van der Waals surface area contributed by atoms with E-state index in [0.717, 1.165) is 48.7 Å². The van der Waals surface area contributed by atoms with Crippen LogP contribution in [-0.2, 0) is 13.0 Å². The van der Waals surface area contributed by atoms with Crippen LogP contribution in [0.25, 0.3) is 0 Å². The van der Waals surface area contributed by atoms with Crippen molar-refractivity contribution >= 4 is 27.6 Å². The largest absolute Gasteiger partial charge is 0.369 e. The van der Waals surface area contributed by atoms with E-state index in [0.29, 0.717) is 0 Å². The van der Waals surface area contributed by atoms with E-state index < -0.39 is 0 Å². The fourth-order valence-electron chi connectivity index (χ4n) is 2.74. The molecule has 0 saturated heterocycles. The van der Waals surface area contributed by atoms with Crippen molar-refractivity contribution in [2.24, 2.45) is 0 Å². The van der Waals surface area contributed by atoms with Gasteiger partial charge in [0.2, 0.25) is 0 Å². The first-order valence-electron chi connectivity index (χ1n) is 7.85. The van der Waals surface area contributed by atoms with Gasteiger partial charge in [0.05, 0.1) is 0 Å². The highest BCUT2D eigenvalue weighted by molar-refractivity contribution is 9.10. The van der Waals surface area contributed by atoms with Gasteiger partial charge in [0.25, 0.3) is 0 Å². The maximum atomic E-state index is 4.45. The summed E-state index contributed by atoms with van der Waals surface area (Å²) in [6.45, 7) is 3.74. The van der Waals surface area contributed by atoms with Crippen molar-refractivity contribution in [3.63, 3.8) is 0 Å². The van der Waals surface area contributed by atoms with Crippen LogP contribution in [0.15, 0.2) is 35.1 Å². The highest BCUT2D eigenvalue weighted by Gasteiger charge is 2.18. The molecule has 1 aromatic carbocycles. The van der Waals surface area contributed by atoms with Gasteiger partial charge < -0.3 is 15.1 Å². The Hall–Kier alpha value is -1.66. The number of benzene rings is 1. The van der Waals surface area contributed by atoms with Gasteiger partial charge in [-0.25, -0.2) is 9.97 Å². The Morgan fingerprint density at radius 1 is 1.22 bits per heavy atom. The second-order valence-corrected chi connectivity index (χ2v) is 6.99. The Kier molecular flexibility index (Phi) is 5.13. The van der Waals surface area contributed by atoms with Crippen molar-refractivity contribution in [3.05, 3.63) is 46.2 Å². The van der Waals surface area contributed by atoms with Gasteiger partial charge in [-0.15, -0.1) is 0 Å². The van der Waals surface area contributed by atoms with E-state index in [2.05, 4.69) is 73.3 Å². The van der Waals surface area contributed by atoms with Crippen LogP contribution in [0.2, 0.25) is 0 Å². The molecule has 1 aliphatic heterocycles. The number of likely N-dealkylation sites (N-methyl/N-ethyl adjacent to an activating group) is 1. The van der Waals surface area contributed by atoms with E-state index in [1.54, 1.807) is 6.33 Å². The number of anilines is 2. The zero-order valence-corrected chi connectivity index (χ0v) is 15.2. The number of hydrogen-bond acceptors (Lipinski definition) is 5. The second kappa shape index (κ2) is 7.27. The summed E-state index contributed by atoms with van der Waals surface area (Å²) >= 11 is 3.55. The van der Waals surface area contributed by atoms with Crippen molar-refractivity contribution in [1.82, 2.24) is 14.9 Å². The molecule has 0 radical (unpaired) electrons. The predicted octanol–water partition coefficient (Wildman–Crippen LogP) is 2.78. The van der Waals surface area contributed by atoms with Gasteiger partial charge in [-0.1, -0.05) is 22.0 Å². The van der Waals surface area contributed by atoms with Crippen LogP contribution >= 0.6 is 15.9 Å². The predicted molar refractivity (Wildman–Crippen MR) is 98.0 cm³/mol. The molecule has 0 saturated carbocycles. The number of rotatable bonds is 5. The van der Waals surface area contributed by atoms with E-state index in [9.17, 15) is 0 Å². The highest BCUT2D eigenvalue weighted by atomic mass is 79.9. The zero-order valence-electron chi connectivity index (χ0n) is 13.6. The molecule has 0 spiro atoms. The summed E-state index contributed by atoms with van der Waals surface area (Å²) in [5, 5.41) is 3.36. The second-order valence-electron chi connectivity index (χ2n) is 6.08. The van der Waals surface area contributed by atoms with Gasteiger partial charge in [-0.05, 0) is 43.8 Å². The van der Waals surface area contributed by atoms with E-state index in [-0.39, 0.29) is 0 Å². The van der Waals surface area contributed by atoms with Gasteiger partial charge in [-0.2, -0.15) is 0 Å². The lowest BCUT2D eigenvalue weighted by atomic mass is 10.00. The van der Waals surface area contributed by atoms with Crippen molar-refractivity contribution in [2.75, 3.05) is 43.9 Å². The van der Waals surface area contributed by atoms with Crippen molar-refractivity contribution in [3.8, 4) is 0 Å². The molecule has 2 heterocycles.